The monoisotopic (exact) mass is 231 g/mol. The fraction of sp³-hybridized carbons (Fsp3) is 0.167. The van der Waals surface area contributed by atoms with Crippen molar-refractivity contribution in [3.8, 4) is 0 Å². The van der Waals surface area contributed by atoms with Crippen LogP contribution in [0.2, 0.25) is 0 Å². The molecule has 2 aromatic rings. The second-order valence-electron chi connectivity index (χ2n) is 3.57. The van der Waals surface area contributed by atoms with Gasteiger partial charge in [-0.15, -0.1) is 11.8 Å². The second kappa shape index (κ2) is 4.99. The standard InChI is InChI=1S/C12H13N3S/c1-9-4-10(6-15-5-9)8-16-12-2-3-14-7-11(12)13/h2-7H,8,13H2,1H3. The summed E-state index contributed by atoms with van der Waals surface area (Å²) in [4.78, 5) is 9.19. The molecule has 2 aromatic heterocycles. The Balaban J connectivity index is 2.05. The van der Waals surface area contributed by atoms with Crippen LogP contribution < -0.4 is 5.73 Å². The summed E-state index contributed by atoms with van der Waals surface area (Å²) in [6.45, 7) is 2.04. The molecule has 82 valence electrons. The van der Waals surface area contributed by atoms with E-state index in [0.717, 1.165) is 16.3 Å². The van der Waals surface area contributed by atoms with Gasteiger partial charge in [0, 0.05) is 29.2 Å². The molecule has 2 N–H and O–H groups in total. The average Bonchev–Trinajstić information content (AvgIpc) is 2.28. The van der Waals surface area contributed by atoms with Crippen LogP contribution in [0.4, 0.5) is 5.69 Å². The number of nitrogens with two attached hydrogens (primary N) is 1. The lowest BCUT2D eigenvalue weighted by molar-refractivity contribution is 1.20. The number of nitrogen functional groups attached to an aromatic ring is 1. The Morgan fingerprint density at radius 1 is 1.25 bits per heavy atom. The summed E-state index contributed by atoms with van der Waals surface area (Å²) in [5, 5.41) is 0. The maximum Gasteiger partial charge on any atom is 0.0638 e. The van der Waals surface area contributed by atoms with Crippen molar-refractivity contribution in [1.82, 2.24) is 9.97 Å². The van der Waals surface area contributed by atoms with E-state index in [2.05, 4.69) is 16.0 Å². The van der Waals surface area contributed by atoms with Crippen LogP contribution in [-0.2, 0) is 5.75 Å². The van der Waals surface area contributed by atoms with Gasteiger partial charge < -0.3 is 5.73 Å². The van der Waals surface area contributed by atoms with Crippen molar-refractivity contribution in [3.63, 3.8) is 0 Å². The number of hydrogen-bond acceptors (Lipinski definition) is 4. The number of nitrogens with zero attached hydrogens (tertiary/aromatic N) is 2. The van der Waals surface area contributed by atoms with Gasteiger partial charge in [-0.2, -0.15) is 0 Å². The zero-order chi connectivity index (χ0) is 11.4. The zero-order valence-electron chi connectivity index (χ0n) is 9.05. The van der Waals surface area contributed by atoms with E-state index in [1.807, 2.05) is 25.4 Å². The molecule has 0 atom stereocenters. The Labute approximate surface area is 99.1 Å². The van der Waals surface area contributed by atoms with Gasteiger partial charge in [0.1, 0.15) is 0 Å². The van der Waals surface area contributed by atoms with Gasteiger partial charge in [0.15, 0.2) is 0 Å². The molecule has 3 nitrogen and oxygen atoms in total. The molecule has 0 aromatic carbocycles. The first kappa shape index (κ1) is 11.0. The van der Waals surface area contributed by atoms with Gasteiger partial charge in [0.2, 0.25) is 0 Å². The maximum atomic E-state index is 5.82. The smallest absolute Gasteiger partial charge is 0.0638 e. The number of aromatic nitrogens is 2. The number of pyridine rings is 2. The van der Waals surface area contributed by atoms with Gasteiger partial charge in [-0.3, -0.25) is 9.97 Å². The minimum absolute atomic E-state index is 0.730. The third kappa shape index (κ3) is 2.73. The predicted molar refractivity (Wildman–Crippen MR) is 67.2 cm³/mol. The van der Waals surface area contributed by atoms with Gasteiger partial charge in [0.25, 0.3) is 0 Å². The minimum Gasteiger partial charge on any atom is -0.397 e. The van der Waals surface area contributed by atoms with Crippen LogP contribution in [0.3, 0.4) is 0 Å². The molecule has 0 saturated heterocycles. The lowest BCUT2D eigenvalue weighted by Crippen LogP contribution is -1.90. The van der Waals surface area contributed by atoms with Crippen LogP contribution in [0.5, 0.6) is 0 Å². The molecule has 0 spiro atoms. The first-order valence-corrected chi connectivity index (χ1v) is 5.97. The van der Waals surface area contributed by atoms with Crippen LogP contribution in [-0.4, -0.2) is 9.97 Å². The third-order valence-corrected chi connectivity index (χ3v) is 3.30. The van der Waals surface area contributed by atoms with E-state index in [4.69, 9.17) is 5.73 Å². The Kier molecular flexibility index (Phi) is 3.41. The zero-order valence-corrected chi connectivity index (χ0v) is 9.87. The molecule has 0 aliphatic carbocycles. The quantitative estimate of drug-likeness (QED) is 0.825. The predicted octanol–water partition coefficient (Wildman–Crippen LogP) is 2.66. The Morgan fingerprint density at radius 3 is 2.88 bits per heavy atom. The largest absolute Gasteiger partial charge is 0.397 e. The number of hydrogen-bond donors (Lipinski definition) is 1. The Hall–Kier alpha value is -1.55. The summed E-state index contributed by atoms with van der Waals surface area (Å²) in [6.07, 6.45) is 7.18. The van der Waals surface area contributed by atoms with E-state index in [1.54, 1.807) is 24.2 Å². The van der Waals surface area contributed by atoms with Crippen LogP contribution >= 0.6 is 11.8 Å². The first-order valence-electron chi connectivity index (χ1n) is 4.98. The summed E-state index contributed by atoms with van der Waals surface area (Å²) in [7, 11) is 0. The second-order valence-corrected chi connectivity index (χ2v) is 4.59. The van der Waals surface area contributed by atoms with Crippen LogP contribution in [0.25, 0.3) is 0 Å². The highest BCUT2D eigenvalue weighted by atomic mass is 32.2. The minimum atomic E-state index is 0.730. The first-order chi connectivity index (χ1) is 7.75. The maximum absolute atomic E-state index is 5.82. The van der Waals surface area contributed by atoms with Gasteiger partial charge in [0.05, 0.1) is 11.9 Å². The molecular weight excluding hydrogens is 218 g/mol. The molecule has 0 aliphatic heterocycles. The SMILES string of the molecule is Cc1cncc(CSc2ccncc2N)c1. The van der Waals surface area contributed by atoms with E-state index in [9.17, 15) is 0 Å². The summed E-state index contributed by atoms with van der Waals surface area (Å²) < 4.78 is 0. The van der Waals surface area contributed by atoms with E-state index >= 15 is 0 Å². The van der Waals surface area contributed by atoms with Crippen LogP contribution in [0, 0.1) is 6.92 Å². The molecule has 0 aliphatic rings. The van der Waals surface area contributed by atoms with Crippen molar-refractivity contribution in [2.75, 3.05) is 5.73 Å². The molecule has 0 bridgehead atoms. The van der Waals surface area contributed by atoms with E-state index in [-0.39, 0.29) is 0 Å². The van der Waals surface area contributed by atoms with Gasteiger partial charge in [-0.25, -0.2) is 0 Å². The molecular formula is C12H13N3S. The van der Waals surface area contributed by atoms with E-state index < -0.39 is 0 Å². The van der Waals surface area contributed by atoms with Crippen molar-refractivity contribution in [1.29, 1.82) is 0 Å². The molecule has 2 heterocycles. The summed E-state index contributed by atoms with van der Waals surface area (Å²) in [5.74, 6) is 0.878. The Bertz CT molecular complexity index is 485. The molecule has 0 radical (unpaired) electrons. The van der Waals surface area contributed by atoms with Crippen LogP contribution in [0.1, 0.15) is 11.1 Å². The van der Waals surface area contributed by atoms with E-state index in [1.165, 1.54) is 11.1 Å². The number of anilines is 1. The molecule has 16 heavy (non-hydrogen) atoms. The highest BCUT2D eigenvalue weighted by molar-refractivity contribution is 7.98. The Morgan fingerprint density at radius 2 is 2.12 bits per heavy atom. The average molecular weight is 231 g/mol. The normalized spacial score (nSPS) is 10.3. The van der Waals surface area contributed by atoms with Gasteiger partial charge >= 0.3 is 0 Å². The number of aryl methyl sites for hydroxylation is 1. The summed E-state index contributed by atoms with van der Waals surface area (Å²) in [5.41, 5.74) is 8.94. The lowest BCUT2D eigenvalue weighted by atomic mass is 10.2. The molecule has 0 saturated carbocycles. The summed E-state index contributed by atoms with van der Waals surface area (Å²) >= 11 is 1.70. The summed E-state index contributed by atoms with van der Waals surface area (Å²) in [6, 6.07) is 4.07. The highest BCUT2D eigenvalue weighted by Crippen LogP contribution is 2.26. The highest BCUT2D eigenvalue weighted by Gasteiger charge is 2.00. The van der Waals surface area contributed by atoms with E-state index in [0.29, 0.717) is 0 Å². The van der Waals surface area contributed by atoms with Crippen molar-refractivity contribution in [2.45, 2.75) is 17.6 Å². The van der Waals surface area contributed by atoms with Gasteiger partial charge in [-0.05, 0) is 24.1 Å². The molecule has 0 unspecified atom stereocenters. The third-order valence-electron chi connectivity index (χ3n) is 2.14. The van der Waals surface area contributed by atoms with Crippen molar-refractivity contribution in [3.05, 3.63) is 48.0 Å². The van der Waals surface area contributed by atoms with Crippen molar-refractivity contribution < 1.29 is 0 Å². The van der Waals surface area contributed by atoms with Crippen LogP contribution in [0.15, 0.2) is 41.8 Å². The number of rotatable bonds is 3. The topological polar surface area (TPSA) is 51.8 Å². The van der Waals surface area contributed by atoms with Gasteiger partial charge in [-0.1, -0.05) is 6.07 Å². The van der Waals surface area contributed by atoms with Crippen molar-refractivity contribution >= 4 is 17.4 Å². The number of thioether (sulfide) groups is 1. The molecule has 0 amide bonds. The fourth-order valence-corrected chi connectivity index (χ4v) is 2.24. The lowest BCUT2D eigenvalue weighted by Gasteiger charge is -2.04. The van der Waals surface area contributed by atoms with Crippen molar-refractivity contribution in [2.24, 2.45) is 0 Å². The molecule has 0 fully saturated rings. The molecule has 4 heteroatoms. The molecule has 2 rings (SSSR count). The fourth-order valence-electron chi connectivity index (χ4n) is 1.38.